The summed E-state index contributed by atoms with van der Waals surface area (Å²) in [6.07, 6.45) is 3.77. The number of nitrogens with zero attached hydrogens (tertiary/aromatic N) is 3. The van der Waals surface area contributed by atoms with Crippen molar-refractivity contribution < 1.29 is 4.79 Å². The van der Waals surface area contributed by atoms with Crippen LogP contribution in [-0.4, -0.2) is 21.2 Å². The fraction of sp³-hybridized carbons (Fsp3) is 0. The van der Waals surface area contributed by atoms with Gasteiger partial charge in [0.1, 0.15) is 6.33 Å². The summed E-state index contributed by atoms with van der Waals surface area (Å²) >= 11 is 1.29. The van der Waals surface area contributed by atoms with Crippen LogP contribution in [0.3, 0.4) is 0 Å². The summed E-state index contributed by atoms with van der Waals surface area (Å²) < 4.78 is 0.842. The van der Waals surface area contributed by atoms with Gasteiger partial charge in [0.25, 0.3) is 0 Å². The number of aromatic nitrogens is 3. The SMILES string of the molecule is O=Cc1nc2ncncc2s1. The molecule has 2 aromatic heterocycles. The van der Waals surface area contributed by atoms with E-state index in [1.54, 1.807) is 6.20 Å². The molecule has 0 N–H and O–H groups in total. The Hall–Kier alpha value is -1.36. The Morgan fingerprint density at radius 1 is 1.55 bits per heavy atom. The highest BCUT2D eigenvalue weighted by atomic mass is 32.1. The molecule has 5 heteroatoms. The molecule has 0 aliphatic rings. The highest BCUT2D eigenvalue weighted by molar-refractivity contribution is 7.19. The van der Waals surface area contributed by atoms with Gasteiger partial charge < -0.3 is 0 Å². The van der Waals surface area contributed by atoms with Crippen LogP contribution in [0.4, 0.5) is 0 Å². The predicted octanol–water partition coefficient (Wildman–Crippen LogP) is 0.899. The second-order valence-corrected chi connectivity index (χ2v) is 2.94. The second kappa shape index (κ2) is 2.35. The zero-order valence-electron chi connectivity index (χ0n) is 5.39. The number of carbonyl (C=O) groups excluding carboxylic acids is 1. The third-order valence-electron chi connectivity index (χ3n) is 1.19. The van der Waals surface area contributed by atoms with Crippen molar-refractivity contribution in [1.29, 1.82) is 0 Å². The Morgan fingerprint density at radius 2 is 2.45 bits per heavy atom. The van der Waals surface area contributed by atoms with E-state index in [0.717, 1.165) is 4.70 Å². The number of hydrogen-bond donors (Lipinski definition) is 0. The summed E-state index contributed by atoms with van der Waals surface area (Å²) in [5, 5.41) is 0.445. The lowest BCUT2D eigenvalue weighted by molar-refractivity contribution is 0.112. The molecule has 0 atom stereocenters. The molecule has 54 valence electrons. The molecule has 2 rings (SSSR count). The smallest absolute Gasteiger partial charge is 0.178 e. The summed E-state index contributed by atoms with van der Waals surface area (Å²) in [7, 11) is 0. The summed E-state index contributed by atoms with van der Waals surface area (Å²) in [4.78, 5) is 21.9. The zero-order chi connectivity index (χ0) is 7.68. The average Bonchev–Trinajstić information content (AvgIpc) is 2.46. The van der Waals surface area contributed by atoms with Crippen molar-refractivity contribution in [3.05, 3.63) is 17.5 Å². The van der Waals surface area contributed by atoms with Crippen molar-refractivity contribution >= 4 is 28.0 Å². The van der Waals surface area contributed by atoms with E-state index >= 15 is 0 Å². The van der Waals surface area contributed by atoms with Crippen LogP contribution in [0.25, 0.3) is 10.3 Å². The van der Waals surface area contributed by atoms with Crippen LogP contribution in [0.15, 0.2) is 12.5 Å². The third-order valence-corrected chi connectivity index (χ3v) is 2.09. The largest absolute Gasteiger partial charge is 0.295 e. The van der Waals surface area contributed by atoms with Crippen molar-refractivity contribution in [1.82, 2.24) is 15.0 Å². The van der Waals surface area contributed by atoms with Gasteiger partial charge in [0.05, 0.1) is 4.70 Å². The van der Waals surface area contributed by atoms with Crippen molar-refractivity contribution in [2.24, 2.45) is 0 Å². The molecule has 0 radical (unpaired) electrons. The lowest BCUT2D eigenvalue weighted by Crippen LogP contribution is -1.78. The summed E-state index contributed by atoms with van der Waals surface area (Å²) in [5.41, 5.74) is 0.590. The molecule has 0 aliphatic heterocycles. The van der Waals surface area contributed by atoms with E-state index in [9.17, 15) is 4.79 Å². The van der Waals surface area contributed by atoms with Crippen molar-refractivity contribution in [2.45, 2.75) is 0 Å². The van der Waals surface area contributed by atoms with Gasteiger partial charge in [-0.3, -0.25) is 4.79 Å². The van der Waals surface area contributed by atoms with Crippen molar-refractivity contribution in [3.8, 4) is 0 Å². The Morgan fingerprint density at radius 3 is 3.18 bits per heavy atom. The molecule has 0 amide bonds. The number of fused-ring (bicyclic) bond motifs is 1. The minimum atomic E-state index is 0.445. The lowest BCUT2D eigenvalue weighted by atomic mass is 10.6. The molecule has 2 aromatic rings. The zero-order valence-corrected chi connectivity index (χ0v) is 6.21. The molecule has 0 aromatic carbocycles. The van der Waals surface area contributed by atoms with Gasteiger partial charge in [-0.2, -0.15) is 0 Å². The first kappa shape index (κ1) is 6.36. The minimum Gasteiger partial charge on any atom is -0.295 e. The normalized spacial score (nSPS) is 10.2. The monoisotopic (exact) mass is 165 g/mol. The molecule has 0 unspecified atom stereocenters. The fourth-order valence-corrected chi connectivity index (χ4v) is 1.47. The van der Waals surface area contributed by atoms with Gasteiger partial charge in [-0.1, -0.05) is 0 Å². The van der Waals surface area contributed by atoms with Crippen LogP contribution in [0.2, 0.25) is 0 Å². The van der Waals surface area contributed by atoms with Crippen LogP contribution in [0, 0.1) is 0 Å². The fourth-order valence-electron chi connectivity index (χ4n) is 0.757. The number of carbonyl (C=O) groups is 1. The topological polar surface area (TPSA) is 55.7 Å². The summed E-state index contributed by atoms with van der Waals surface area (Å²) in [6.45, 7) is 0. The maximum absolute atomic E-state index is 10.3. The van der Waals surface area contributed by atoms with E-state index in [4.69, 9.17) is 0 Å². The standard InChI is InChI=1S/C6H3N3OS/c10-2-5-9-6-4(11-5)1-7-3-8-6/h1-3H. The number of aldehydes is 1. The van der Waals surface area contributed by atoms with Gasteiger partial charge in [0, 0.05) is 6.20 Å². The maximum atomic E-state index is 10.3. The van der Waals surface area contributed by atoms with Crippen molar-refractivity contribution in [3.63, 3.8) is 0 Å². The first-order valence-corrected chi connectivity index (χ1v) is 3.73. The summed E-state index contributed by atoms with van der Waals surface area (Å²) in [6, 6.07) is 0. The van der Waals surface area contributed by atoms with E-state index < -0.39 is 0 Å². The molecule has 0 bridgehead atoms. The van der Waals surface area contributed by atoms with E-state index in [-0.39, 0.29) is 0 Å². The van der Waals surface area contributed by atoms with Gasteiger partial charge in [0.15, 0.2) is 16.9 Å². The van der Waals surface area contributed by atoms with Crippen molar-refractivity contribution in [2.75, 3.05) is 0 Å². The molecule has 11 heavy (non-hydrogen) atoms. The first-order chi connectivity index (χ1) is 5.40. The molecule has 0 spiro atoms. The molecule has 4 nitrogen and oxygen atoms in total. The van der Waals surface area contributed by atoms with Gasteiger partial charge in [0.2, 0.25) is 0 Å². The predicted molar refractivity (Wildman–Crippen MR) is 40.6 cm³/mol. The Labute approximate surface area is 65.9 Å². The average molecular weight is 165 g/mol. The third kappa shape index (κ3) is 0.988. The molecule has 0 fully saturated rings. The van der Waals surface area contributed by atoms with E-state index in [2.05, 4.69) is 15.0 Å². The van der Waals surface area contributed by atoms with E-state index in [0.29, 0.717) is 16.9 Å². The van der Waals surface area contributed by atoms with Gasteiger partial charge in [-0.05, 0) is 0 Å². The van der Waals surface area contributed by atoms with Crippen LogP contribution in [0.1, 0.15) is 9.80 Å². The number of rotatable bonds is 1. The van der Waals surface area contributed by atoms with Crippen LogP contribution in [0.5, 0.6) is 0 Å². The van der Waals surface area contributed by atoms with Crippen LogP contribution >= 0.6 is 11.3 Å². The van der Waals surface area contributed by atoms with Crippen LogP contribution < -0.4 is 0 Å². The number of thiazole rings is 1. The molecular formula is C6H3N3OS. The maximum Gasteiger partial charge on any atom is 0.178 e. The lowest BCUT2D eigenvalue weighted by Gasteiger charge is -1.79. The molecule has 2 heterocycles. The Kier molecular flexibility index (Phi) is 1.36. The molecule has 0 aliphatic carbocycles. The Balaban J connectivity index is 2.78. The van der Waals surface area contributed by atoms with Gasteiger partial charge >= 0.3 is 0 Å². The highest BCUT2D eigenvalue weighted by Crippen LogP contribution is 2.16. The molecule has 0 saturated carbocycles. The molecular weight excluding hydrogens is 162 g/mol. The highest BCUT2D eigenvalue weighted by Gasteiger charge is 2.01. The molecule has 0 saturated heterocycles. The van der Waals surface area contributed by atoms with Crippen LogP contribution in [-0.2, 0) is 0 Å². The van der Waals surface area contributed by atoms with Gasteiger partial charge in [-0.15, -0.1) is 11.3 Å². The summed E-state index contributed by atoms with van der Waals surface area (Å²) in [5.74, 6) is 0. The number of hydrogen-bond acceptors (Lipinski definition) is 5. The van der Waals surface area contributed by atoms with E-state index in [1.165, 1.54) is 17.7 Å². The minimum absolute atomic E-state index is 0.445. The van der Waals surface area contributed by atoms with Gasteiger partial charge in [-0.25, -0.2) is 15.0 Å². The van der Waals surface area contributed by atoms with E-state index in [1.807, 2.05) is 0 Å². The second-order valence-electron chi connectivity index (χ2n) is 1.88. The quantitative estimate of drug-likeness (QED) is 0.589. The Bertz CT molecular complexity index is 364. The first-order valence-electron chi connectivity index (χ1n) is 2.92.